The van der Waals surface area contributed by atoms with E-state index in [0.29, 0.717) is 0 Å². The minimum atomic E-state index is -0.124. The summed E-state index contributed by atoms with van der Waals surface area (Å²) in [5, 5.41) is 0.767. The molecule has 1 unspecified atom stereocenters. The number of benzene rings is 2. The molecule has 0 aliphatic rings. The van der Waals surface area contributed by atoms with Gasteiger partial charge in [0.2, 0.25) is 0 Å². The van der Waals surface area contributed by atoms with E-state index >= 15 is 0 Å². The van der Waals surface area contributed by atoms with Crippen molar-refractivity contribution in [2.24, 2.45) is 5.73 Å². The van der Waals surface area contributed by atoms with Gasteiger partial charge in [0.1, 0.15) is 0 Å². The normalized spacial score (nSPS) is 12.5. The Bertz CT molecular complexity index is 539. The van der Waals surface area contributed by atoms with E-state index in [4.69, 9.17) is 17.3 Å². The van der Waals surface area contributed by atoms with Crippen molar-refractivity contribution in [1.82, 2.24) is 0 Å². The summed E-state index contributed by atoms with van der Waals surface area (Å²) >= 11 is 8.43. The quantitative estimate of drug-likeness (QED) is 0.797. The summed E-state index contributed by atoms with van der Waals surface area (Å²) in [4.78, 5) is 0. The molecule has 0 aliphatic heterocycles. The van der Waals surface area contributed by atoms with E-state index in [9.17, 15) is 0 Å². The van der Waals surface area contributed by atoms with Crippen LogP contribution in [0, 0.1) is 10.5 Å². The first-order chi connectivity index (χ1) is 8.09. The van der Waals surface area contributed by atoms with Gasteiger partial charge in [-0.2, -0.15) is 0 Å². The Labute approximate surface area is 120 Å². The van der Waals surface area contributed by atoms with Crippen molar-refractivity contribution >= 4 is 34.2 Å². The molecule has 0 heterocycles. The van der Waals surface area contributed by atoms with Gasteiger partial charge in [0, 0.05) is 8.59 Å². The van der Waals surface area contributed by atoms with Crippen LogP contribution in [0.2, 0.25) is 5.02 Å². The molecule has 0 saturated heterocycles. The number of hydrogen-bond donors (Lipinski definition) is 1. The SMILES string of the molecule is Cc1ccc(C(N)c2ccccc2I)cc1Cl. The third-order valence-electron chi connectivity index (χ3n) is 2.80. The van der Waals surface area contributed by atoms with Crippen molar-refractivity contribution in [3.05, 3.63) is 67.7 Å². The minimum absolute atomic E-state index is 0.124. The van der Waals surface area contributed by atoms with Crippen LogP contribution in [0.1, 0.15) is 22.7 Å². The second kappa shape index (κ2) is 5.38. The third-order valence-corrected chi connectivity index (χ3v) is 4.18. The van der Waals surface area contributed by atoms with Crippen LogP contribution in [0.25, 0.3) is 0 Å². The van der Waals surface area contributed by atoms with E-state index in [-0.39, 0.29) is 6.04 Å². The molecule has 3 heteroatoms. The van der Waals surface area contributed by atoms with E-state index in [0.717, 1.165) is 21.7 Å². The molecular weight excluding hydrogens is 345 g/mol. The molecule has 17 heavy (non-hydrogen) atoms. The first-order valence-electron chi connectivity index (χ1n) is 5.35. The van der Waals surface area contributed by atoms with Gasteiger partial charge < -0.3 is 5.73 Å². The Kier molecular flexibility index (Phi) is 4.07. The Morgan fingerprint density at radius 1 is 1.18 bits per heavy atom. The van der Waals surface area contributed by atoms with Crippen LogP contribution >= 0.6 is 34.2 Å². The maximum atomic E-state index is 6.27. The lowest BCUT2D eigenvalue weighted by Gasteiger charge is -2.15. The van der Waals surface area contributed by atoms with E-state index in [1.807, 2.05) is 37.3 Å². The molecule has 0 bridgehead atoms. The Morgan fingerprint density at radius 2 is 1.88 bits per heavy atom. The predicted octanol–water partition coefficient (Wildman–Crippen LogP) is 4.30. The van der Waals surface area contributed by atoms with Crippen LogP contribution in [0.15, 0.2) is 42.5 Å². The highest BCUT2D eigenvalue weighted by molar-refractivity contribution is 14.1. The lowest BCUT2D eigenvalue weighted by molar-refractivity contribution is 0.864. The van der Waals surface area contributed by atoms with Crippen LogP contribution in [-0.2, 0) is 0 Å². The van der Waals surface area contributed by atoms with Gasteiger partial charge in [-0.3, -0.25) is 0 Å². The summed E-state index contributed by atoms with van der Waals surface area (Å²) in [6.45, 7) is 1.99. The fraction of sp³-hybridized carbons (Fsp3) is 0.143. The zero-order chi connectivity index (χ0) is 12.4. The summed E-state index contributed by atoms with van der Waals surface area (Å²) in [6.07, 6.45) is 0. The van der Waals surface area contributed by atoms with E-state index in [1.165, 1.54) is 3.57 Å². The summed E-state index contributed by atoms with van der Waals surface area (Å²) in [7, 11) is 0. The highest BCUT2D eigenvalue weighted by Gasteiger charge is 2.12. The van der Waals surface area contributed by atoms with E-state index in [2.05, 4.69) is 34.7 Å². The lowest BCUT2D eigenvalue weighted by Crippen LogP contribution is -2.13. The molecule has 0 fully saturated rings. The molecule has 0 aliphatic carbocycles. The molecule has 1 atom stereocenters. The molecule has 2 aromatic rings. The van der Waals surface area contributed by atoms with Gasteiger partial charge in [-0.1, -0.05) is 41.9 Å². The molecule has 0 saturated carbocycles. The Morgan fingerprint density at radius 3 is 2.53 bits per heavy atom. The first kappa shape index (κ1) is 12.9. The summed E-state index contributed by atoms with van der Waals surface area (Å²) < 4.78 is 1.18. The fourth-order valence-electron chi connectivity index (χ4n) is 1.71. The molecule has 2 N–H and O–H groups in total. The van der Waals surface area contributed by atoms with Crippen LogP contribution in [0.3, 0.4) is 0 Å². The van der Waals surface area contributed by atoms with Gasteiger partial charge in [-0.05, 0) is 58.3 Å². The van der Waals surface area contributed by atoms with Gasteiger partial charge >= 0.3 is 0 Å². The van der Waals surface area contributed by atoms with Crippen LogP contribution in [-0.4, -0.2) is 0 Å². The molecule has 88 valence electrons. The number of halogens is 2. The number of rotatable bonds is 2. The number of aryl methyl sites for hydroxylation is 1. The maximum absolute atomic E-state index is 6.27. The average Bonchev–Trinajstić information content (AvgIpc) is 2.32. The average molecular weight is 358 g/mol. The zero-order valence-electron chi connectivity index (χ0n) is 9.45. The van der Waals surface area contributed by atoms with Gasteiger partial charge in [0.15, 0.2) is 0 Å². The summed E-state index contributed by atoms with van der Waals surface area (Å²) in [5.41, 5.74) is 9.53. The molecule has 0 amide bonds. The molecule has 2 aromatic carbocycles. The minimum Gasteiger partial charge on any atom is -0.320 e. The van der Waals surface area contributed by atoms with Crippen molar-refractivity contribution < 1.29 is 0 Å². The van der Waals surface area contributed by atoms with Crippen molar-refractivity contribution in [3.63, 3.8) is 0 Å². The van der Waals surface area contributed by atoms with Crippen molar-refractivity contribution in [2.45, 2.75) is 13.0 Å². The standard InChI is InChI=1S/C14H13ClIN/c1-9-6-7-10(8-12(9)15)14(17)11-4-2-3-5-13(11)16/h2-8,14H,17H2,1H3. The molecular formula is C14H13ClIN. The van der Waals surface area contributed by atoms with Crippen molar-refractivity contribution in [3.8, 4) is 0 Å². The zero-order valence-corrected chi connectivity index (χ0v) is 12.4. The lowest BCUT2D eigenvalue weighted by atomic mass is 9.99. The number of nitrogens with two attached hydrogens (primary N) is 1. The second-order valence-electron chi connectivity index (χ2n) is 4.01. The molecule has 1 nitrogen and oxygen atoms in total. The first-order valence-corrected chi connectivity index (χ1v) is 6.81. The Balaban J connectivity index is 2.40. The molecule has 0 radical (unpaired) electrons. The van der Waals surface area contributed by atoms with Crippen molar-refractivity contribution in [2.75, 3.05) is 0 Å². The number of hydrogen-bond acceptors (Lipinski definition) is 1. The topological polar surface area (TPSA) is 26.0 Å². The Hall–Kier alpha value is -0.580. The summed E-state index contributed by atoms with van der Waals surface area (Å²) in [6, 6.07) is 14.0. The van der Waals surface area contributed by atoms with Gasteiger partial charge in [0.25, 0.3) is 0 Å². The summed E-state index contributed by atoms with van der Waals surface area (Å²) in [5.74, 6) is 0. The molecule has 0 spiro atoms. The molecule has 0 aromatic heterocycles. The van der Waals surface area contributed by atoms with Gasteiger partial charge in [0.05, 0.1) is 6.04 Å². The van der Waals surface area contributed by atoms with E-state index < -0.39 is 0 Å². The monoisotopic (exact) mass is 357 g/mol. The van der Waals surface area contributed by atoms with Gasteiger partial charge in [-0.15, -0.1) is 0 Å². The fourth-order valence-corrected chi connectivity index (χ4v) is 2.62. The van der Waals surface area contributed by atoms with E-state index in [1.54, 1.807) is 0 Å². The largest absolute Gasteiger partial charge is 0.320 e. The van der Waals surface area contributed by atoms with Crippen LogP contribution in [0.5, 0.6) is 0 Å². The van der Waals surface area contributed by atoms with Crippen molar-refractivity contribution in [1.29, 1.82) is 0 Å². The smallest absolute Gasteiger partial charge is 0.0562 e. The van der Waals surface area contributed by atoms with Crippen LogP contribution < -0.4 is 5.73 Å². The highest BCUT2D eigenvalue weighted by Crippen LogP contribution is 2.27. The second-order valence-corrected chi connectivity index (χ2v) is 5.58. The highest BCUT2D eigenvalue weighted by atomic mass is 127. The van der Waals surface area contributed by atoms with Crippen LogP contribution in [0.4, 0.5) is 0 Å². The maximum Gasteiger partial charge on any atom is 0.0562 e. The predicted molar refractivity (Wildman–Crippen MR) is 81.4 cm³/mol. The third kappa shape index (κ3) is 2.81. The molecule has 2 rings (SSSR count). The van der Waals surface area contributed by atoms with Gasteiger partial charge in [-0.25, -0.2) is 0 Å².